The second-order valence-electron chi connectivity index (χ2n) is 4.00. The molecule has 0 bridgehead atoms. The van der Waals surface area contributed by atoms with Crippen molar-refractivity contribution in [3.05, 3.63) is 65.5 Å². The Balaban J connectivity index is 2.15. The van der Waals surface area contributed by atoms with Gasteiger partial charge >= 0.3 is 0 Å². The largest absolute Gasteiger partial charge is 0.409 e. The summed E-state index contributed by atoms with van der Waals surface area (Å²) in [5.74, 6) is -1.16. The van der Waals surface area contributed by atoms with Crippen LogP contribution in [0.3, 0.4) is 0 Å². The zero-order valence-corrected chi connectivity index (χ0v) is 10.4. The number of hydrogen-bond acceptors (Lipinski definition) is 3. The molecule has 0 aromatic heterocycles. The minimum atomic E-state index is -0.585. The predicted octanol–water partition coefficient (Wildman–Crippen LogP) is 2.17. The van der Waals surface area contributed by atoms with Gasteiger partial charge in [-0.15, -0.1) is 0 Å². The Morgan fingerprint density at radius 2 is 1.80 bits per heavy atom. The fourth-order valence-electron chi connectivity index (χ4n) is 1.63. The number of hydrogen-bond donors (Lipinski definition) is 3. The van der Waals surface area contributed by atoms with Crippen molar-refractivity contribution in [1.29, 1.82) is 0 Å². The van der Waals surface area contributed by atoms with Crippen LogP contribution in [0.25, 0.3) is 0 Å². The number of nitrogens with two attached hydrogens (primary N) is 1. The summed E-state index contributed by atoms with van der Waals surface area (Å²) in [5, 5.41) is 14.0. The number of halogens is 1. The summed E-state index contributed by atoms with van der Waals surface area (Å²) in [7, 11) is 0. The van der Waals surface area contributed by atoms with Crippen molar-refractivity contribution in [3.8, 4) is 0 Å². The van der Waals surface area contributed by atoms with Gasteiger partial charge in [-0.3, -0.25) is 4.79 Å². The zero-order valence-electron chi connectivity index (χ0n) is 10.4. The zero-order chi connectivity index (χ0) is 14.5. The highest BCUT2D eigenvalue weighted by molar-refractivity contribution is 6.04. The molecule has 0 aliphatic carbocycles. The molecular formula is C14H12FN3O2. The van der Waals surface area contributed by atoms with Crippen molar-refractivity contribution in [2.24, 2.45) is 10.9 Å². The van der Waals surface area contributed by atoms with E-state index in [9.17, 15) is 9.18 Å². The summed E-state index contributed by atoms with van der Waals surface area (Å²) < 4.78 is 13.4. The number of anilines is 1. The minimum absolute atomic E-state index is 0.0306. The van der Waals surface area contributed by atoms with Gasteiger partial charge < -0.3 is 16.3 Å². The van der Waals surface area contributed by atoms with Gasteiger partial charge in [-0.1, -0.05) is 17.3 Å². The Morgan fingerprint density at radius 3 is 2.40 bits per heavy atom. The fourth-order valence-corrected chi connectivity index (χ4v) is 1.63. The van der Waals surface area contributed by atoms with Gasteiger partial charge in [-0.25, -0.2) is 4.39 Å². The van der Waals surface area contributed by atoms with Crippen LogP contribution in [-0.2, 0) is 0 Å². The van der Waals surface area contributed by atoms with Gasteiger partial charge in [0.15, 0.2) is 5.84 Å². The number of amidine groups is 1. The molecule has 1 amide bonds. The van der Waals surface area contributed by atoms with Crippen molar-refractivity contribution >= 4 is 17.4 Å². The Hall–Kier alpha value is -2.89. The van der Waals surface area contributed by atoms with Crippen LogP contribution in [0.2, 0.25) is 0 Å². The van der Waals surface area contributed by atoms with Crippen LogP contribution in [0.4, 0.5) is 10.1 Å². The Labute approximate surface area is 114 Å². The minimum Gasteiger partial charge on any atom is -0.409 e. The number of benzene rings is 2. The van der Waals surface area contributed by atoms with Crippen molar-refractivity contribution < 1.29 is 14.4 Å². The Morgan fingerprint density at radius 1 is 1.15 bits per heavy atom. The van der Waals surface area contributed by atoms with E-state index in [1.807, 2.05) is 0 Å². The molecule has 0 radical (unpaired) electrons. The van der Waals surface area contributed by atoms with Gasteiger partial charge in [0.05, 0.1) is 5.56 Å². The first kappa shape index (κ1) is 13.5. The topological polar surface area (TPSA) is 87.7 Å². The molecule has 20 heavy (non-hydrogen) atoms. The molecular weight excluding hydrogens is 261 g/mol. The molecule has 0 atom stereocenters. The van der Waals surface area contributed by atoms with E-state index in [1.165, 1.54) is 18.2 Å². The maximum atomic E-state index is 13.4. The van der Waals surface area contributed by atoms with Crippen molar-refractivity contribution in [3.63, 3.8) is 0 Å². The fraction of sp³-hybridized carbons (Fsp3) is 0. The maximum absolute atomic E-state index is 13.4. The van der Waals surface area contributed by atoms with Gasteiger partial charge in [-0.2, -0.15) is 0 Å². The molecule has 4 N–H and O–H groups in total. The highest BCUT2D eigenvalue weighted by atomic mass is 19.1. The predicted molar refractivity (Wildman–Crippen MR) is 73.3 cm³/mol. The molecule has 0 spiro atoms. The molecule has 2 rings (SSSR count). The van der Waals surface area contributed by atoms with Crippen molar-refractivity contribution in [2.75, 3.05) is 5.32 Å². The molecule has 0 saturated carbocycles. The molecule has 5 nitrogen and oxygen atoms in total. The van der Waals surface area contributed by atoms with Crippen LogP contribution in [0.1, 0.15) is 15.9 Å². The summed E-state index contributed by atoms with van der Waals surface area (Å²) in [6.45, 7) is 0. The molecule has 2 aromatic carbocycles. The first-order chi connectivity index (χ1) is 9.61. The summed E-state index contributed by atoms with van der Waals surface area (Å²) in [6, 6.07) is 12.0. The molecule has 0 aliphatic heterocycles. The van der Waals surface area contributed by atoms with E-state index in [4.69, 9.17) is 10.9 Å². The lowest BCUT2D eigenvalue weighted by atomic mass is 10.1. The van der Waals surface area contributed by atoms with Gasteiger partial charge in [-0.05, 0) is 36.4 Å². The van der Waals surface area contributed by atoms with Gasteiger partial charge in [0.2, 0.25) is 0 Å². The lowest BCUT2D eigenvalue weighted by Gasteiger charge is -2.06. The van der Waals surface area contributed by atoms with Gasteiger partial charge in [0.25, 0.3) is 5.91 Å². The average Bonchev–Trinajstić information content (AvgIpc) is 2.47. The van der Waals surface area contributed by atoms with E-state index in [2.05, 4.69) is 10.5 Å². The standard InChI is InChI=1S/C14H12FN3O2/c15-12-4-2-1-3-11(12)14(19)17-10-7-5-9(6-8-10)13(16)18-20/h1-8,20H,(H2,16,18)(H,17,19). The SMILES string of the molecule is N/C(=N/O)c1ccc(NC(=O)c2ccccc2F)cc1. The van der Waals surface area contributed by atoms with Gasteiger partial charge in [0.1, 0.15) is 5.82 Å². The van der Waals surface area contributed by atoms with E-state index in [-0.39, 0.29) is 11.4 Å². The number of carbonyl (C=O) groups is 1. The van der Waals surface area contributed by atoms with Crippen LogP contribution >= 0.6 is 0 Å². The lowest BCUT2D eigenvalue weighted by molar-refractivity contribution is 0.102. The average molecular weight is 273 g/mol. The van der Waals surface area contributed by atoms with Crippen LogP contribution in [0.15, 0.2) is 53.7 Å². The quantitative estimate of drug-likeness (QED) is 0.346. The third-order valence-corrected chi connectivity index (χ3v) is 2.66. The first-order valence-corrected chi connectivity index (χ1v) is 5.75. The Bertz CT molecular complexity index is 654. The summed E-state index contributed by atoms with van der Waals surface area (Å²) in [4.78, 5) is 11.9. The molecule has 0 unspecified atom stereocenters. The smallest absolute Gasteiger partial charge is 0.258 e. The normalized spacial score (nSPS) is 11.2. The van der Waals surface area contributed by atoms with E-state index < -0.39 is 11.7 Å². The van der Waals surface area contributed by atoms with Crippen LogP contribution in [0, 0.1) is 5.82 Å². The molecule has 0 fully saturated rings. The highest BCUT2D eigenvalue weighted by Crippen LogP contribution is 2.13. The monoisotopic (exact) mass is 273 g/mol. The summed E-state index contributed by atoms with van der Waals surface area (Å²) in [6.07, 6.45) is 0. The van der Waals surface area contributed by atoms with Crippen molar-refractivity contribution in [1.82, 2.24) is 0 Å². The number of amides is 1. The lowest BCUT2D eigenvalue weighted by Crippen LogP contribution is -2.15. The molecule has 0 heterocycles. The van der Waals surface area contributed by atoms with E-state index >= 15 is 0 Å². The third-order valence-electron chi connectivity index (χ3n) is 2.66. The second kappa shape index (κ2) is 5.83. The molecule has 0 saturated heterocycles. The summed E-state index contributed by atoms with van der Waals surface area (Å²) >= 11 is 0. The number of nitrogens with one attached hydrogen (secondary N) is 1. The van der Waals surface area contributed by atoms with E-state index in [0.29, 0.717) is 11.3 Å². The third kappa shape index (κ3) is 2.92. The first-order valence-electron chi connectivity index (χ1n) is 5.75. The van der Waals surface area contributed by atoms with Crippen LogP contribution in [-0.4, -0.2) is 17.0 Å². The molecule has 102 valence electrons. The van der Waals surface area contributed by atoms with E-state index in [0.717, 1.165) is 0 Å². The maximum Gasteiger partial charge on any atom is 0.258 e. The number of oxime groups is 1. The second-order valence-corrected chi connectivity index (χ2v) is 4.00. The summed E-state index contributed by atoms with van der Waals surface area (Å²) in [5.41, 5.74) is 6.38. The Kier molecular flexibility index (Phi) is 3.95. The molecule has 6 heteroatoms. The van der Waals surface area contributed by atoms with Crippen molar-refractivity contribution in [2.45, 2.75) is 0 Å². The number of rotatable bonds is 3. The van der Waals surface area contributed by atoms with Crippen LogP contribution < -0.4 is 11.1 Å². The molecule has 2 aromatic rings. The number of carbonyl (C=O) groups excluding carboxylic acids is 1. The number of nitrogens with zero attached hydrogens (tertiary/aromatic N) is 1. The highest BCUT2D eigenvalue weighted by Gasteiger charge is 2.10. The van der Waals surface area contributed by atoms with Gasteiger partial charge in [0, 0.05) is 11.3 Å². The molecule has 0 aliphatic rings. The van der Waals surface area contributed by atoms with Crippen LogP contribution in [0.5, 0.6) is 0 Å². The van der Waals surface area contributed by atoms with E-state index in [1.54, 1.807) is 30.3 Å².